The van der Waals surface area contributed by atoms with Gasteiger partial charge >= 0.3 is 0 Å². The summed E-state index contributed by atoms with van der Waals surface area (Å²) in [4.78, 5) is 0. The maximum absolute atomic E-state index is 5.81. The van der Waals surface area contributed by atoms with Crippen LogP contribution in [0.3, 0.4) is 0 Å². The van der Waals surface area contributed by atoms with Gasteiger partial charge in [-0.15, -0.1) is 5.10 Å². The number of hydrogen-bond donors (Lipinski definition) is 1. The summed E-state index contributed by atoms with van der Waals surface area (Å²) in [7, 11) is 0. The summed E-state index contributed by atoms with van der Waals surface area (Å²) in [6, 6.07) is 15.6. The smallest absolute Gasteiger partial charge is 0.231 e. The van der Waals surface area contributed by atoms with Gasteiger partial charge in [-0.2, -0.15) is 0 Å². The highest BCUT2D eigenvalue weighted by Gasteiger charge is 2.18. The Bertz CT molecular complexity index is 814. The molecule has 0 fully saturated rings. The number of nitrogens with zero attached hydrogens (tertiary/aromatic N) is 3. The van der Waals surface area contributed by atoms with Gasteiger partial charge in [-0.3, -0.25) is 0 Å². The lowest BCUT2D eigenvalue weighted by molar-refractivity contribution is 0.174. The van der Waals surface area contributed by atoms with Gasteiger partial charge in [0.2, 0.25) is 6.79 Å². The van der Waals surface area contributed by atoms with Crippen LogP contribution in [-0.2, 0) is 6.54 Å². The van der Waals surface area contributed by atoms with Crippen molar-refractivity contribution in [2.75, 3.05) is 6.79 Å². The van der Waals surface area contributed by atoms with E-state index in [1.165, 1.54) is 0 Å². The highest BCUT2D eigenvalue weighted by atomic mass is 16.7. The Labute approximate surface area is 127 Å². The highest BCUT2D eigenvalue weighted by Crippen LogP contribution is 2.35. The van der Waals surface area contributed by atoms with Crippen LogP contribution in [-0.4, -0.2) is 21.8 Å². The van der Waals surface area contributed by atoms with Gasteiger partial charge in [0.15, 0.2) is 11.5 Å². The van der Waals surface area contributed by atoms with E-state index in [0.29, 0.717) is 12.3 Å². The first-order valence-electron chi connectivity index (χ1n) is 6.97. The number of aromatic nitrogens is 3. The van der Waals surface area contributed by atoms with Crippen LogP contribution in [0.25, 0.3) is 16.9 Å². The Morgan fingerprint density at radius 2 is 1.86 bits per heavy atom. The summed E-state index contributed by atoms with van der Waals surface area (Å²) in [6.45, 7) is 0.574. The predicted octanol–water partition coefficient (Wildman–Crippen LogP) is 2.12. The lowest BCUT2D eigenvalue weighted by Crippen LogP contribution is -2.02. The average molecular weight is 294 g/mol. The fourth-order valence-electron chi connectivity index (χ4n) is 2.53. The van der Waals surface area contributed by atoms with Crippen molar-refractivity contribution in [2.45, 2.75) is 6.54 Å². The zero-order valence-corrected chi connectivity index (χ0v) is 11.8. The van der Waals surface area contributed by atoms with E-state index in [-0.39, 0.29) is 6.79 Å². The summed E-state index contributed by atoms with van der Waals surface area (Å²) >= 11 is 0. The van der Waals surface area contributed by atoms with Crippen LogP contribution < -0.4 is 15.2 Å². The molecule has 0 bridgehead atoms. The third-order valence-corrected chi connectivity index (χ3v) is 3.58. The molecule has 1 aromatic heterocycles. The predicted molar refractivity (Wildman–Crippen MR) is 80.8 cm³/mol. The van der Waals surface area contributed by atoms with Crippen molar-refractivity contribution in [1.29, 1.82) is 0 Å². The Kier molecular flexibility index (Phi) is 3.01. The van der Waals surface area contributed by atoms with Gasteiger partial charge in [0, 0.05) is 18.2 Å². The molecule has 2 aromatic carbocycles. The minimum atomic E-state index is 0.246. The lowest BCUT2D eigenvalue weighted by Gasteiger charge is -2.08. The second-order valence-corrected chi connectivity index (χ2v) is 4.90. The van der Waals surface area contributed by atoms with Crippen LogP contribution in [0.5, 0.6) is 11.5 Å². The molecule has 3 aromatic rings. The van der Waals surface area contributed by atoms with Crippen LogP contribution in [0.2, 0.25) is 0 Å². The van der Waals surface area contributed by atoms with Crippen molar-refractivity contribution >= 4 is 0 Å². The van der Waals surface area contributed by atoms with Gasteiger partial charge in [0.25, 0.3) is 0 Å². The molecule has 6 heteroatoms. The van der Waals surface area contributed by atoms with E-state index in [1.807, 2.05) is 48.5 Å². The van der Waals surface area contributed by atoms with Crippen molar-refractivity contribution in [3.63, 3.8) is 0 Å². The summed E-state index contributed by atoms with van der Waals surface area (Å²) in [6.07, 6.45) is 0. The fourth-order valence-corrected chi connectivity index (χ4v) is 2.53. The van der Waals surface area contributed by atoms with Gasteiger partial charge < -0.3 is 15.2 Å². The SMILES string of the molecule is NCc1nnn(-c2ccc3c(c2)OCO3)c1-c1ccccc1. The molecular formula is C16H14N4O2. The molecule has 0 saturated heterocycles. The molecule has 0 spiro atoms. The van der Waals surface area contributed by atoms with Crippen LogP contribution in [0.4, 0.5) is 0 Å². The molecule has 0 radical (unpaired) electrons. The molecule has 1 aliphatic heterocycles. The molecule has 0 amide bonds. The van der Waals surface area contributed by atoms with Gasteiger partial charge in [-0.25, -0.2) is 4.68 Å². The van der Waals surface area contributed by atoms with Gasteiger partial charge in [0.05, 0.1) is 11.4 Å². The van der Waals surface area contributed by atoms with E-state index in [0.717, 1.165) is 28.4 Å². The molecular weight excluding hydrogens is 280 g/mol. The second-order valence-electron chi connectivity index (χ2n) is 4.90. The average Bonchev–Trinajstić information content (AvgIpc) is 3.21. The van der Waals surface area contributed by atoms with Gasteiger partial charge in [-0.1, -0.05) is 35.5 Å². The third-order valence-electron chi connectivity index (χ3n) is 3.58. The lowest BCUT2D eigenvalue weighted by atomic mass is 10.1. The standard InChI is InChI=1S/C16H14N4O2/c17-9-13-16(11-4-2-1-3-5-11)20(19-18-13)12-6-7-14-15(8-12)22-10-21-14/h1-8H,9-10,17H2. The normalized spacial score (nSPS) is 12.6. The third kappa shape index (κ3) is 2.01. The van der Waals surface area contributed by atoms with Crippen molar-refractivity contribution in [3.8, 4) is 28.4 Å². The maximum Gasteiger partial charge on any atom is 0.231 e. The molecule has 6 nitrogen and oxygen atoms in total. The Hall–Kier alpha value is -2.86. The van der Waals surface area contributed by atoms with E-state index in [2.05, 4.69) is 10.3 Å². The number of fused-ring (bicyclic) bond motifs is 1. The summed E-state index contributed by atoms with van der Waals surface area (Å²) < 4.78 is 12.6. The number of hydrogen-bond acceptors (Lipinski definition) is 5. The monoisotopic (exact) mass is 294 g/mol. The highest BCUT2D eigenvalue weighted by molar-refractivity contribution is 5.65. The largest absolute Gasteiger partial charge is 0.454 e. The summed E-state index contributed by atoms with van der Waals surface area (Å²) in [5, 5.41) is 8.45. The number of rotatable bonds is 3. The van der Waals surface area contributed by atoms with E-state index in [9.17, 15) is 0 Å². The van der Waals surface area contributed by atoms with Gasteiger partial charge in [0.1, 0.15) is 5.69 Å². The van der Waals surface area contributed by atoms with Crippen molar-refractivity contribution in [3.05, 3.63) is 54.2 Å². The number of nitrogens with two attached hydrogens (primary N) is 1. The first-order valence-corrected chi connectivity index (χ1v) is 6.97. The Morgan fingerprint density at radius 1 is 1.05 bits per heavy atom. The molecule has 2 heterocycles. The van der Waals surface area contributed by atoms with E-state index < -0.39 is 0 Å². The fraction of sp³-hybridized carbons (Fsp3) is 0.125. The van der Waals surface area contributed by atoms with Crippen LogP contribution >= 0.6 is 0 Å². The number of benzene rings is 2. The quantitative estimate of drug-likeness (QED) is 0.801. The topological polar surface area (TPSA) is 75.2 Å². The first kappa shape index (κ1) is 12.8. The zero-order valence-electron chi connectivity index (χ0n) is 11.8. The zero-order chi connectivity index (χ0) is 14.9. The Morgan fingerprint density at radius 3 is 2.68 bits per heavy atom. The van der Waals surface area contributed by atoms with E-state index >= 15 is 0 Å². The molecule has 0 saturated carbocycles. The van der Waals surface area contributed by atoms with Crippen LogP contribution in [0.15, 0.2) is 48.5 Å². The summed E-state index contributed by atoms with van der Waals surface area (Å²) in [5.41, 5.74) is 9.33. The second kappa shape index (κ2) is 5.16. The van der Waals surface area contributed by atoms with Crippen molar-refractivity contribution in [2.24, 2.45) is 5.73 Å². The maximum atomic E-state index is 5.81. The van der Waals surface area contributed by atoms with E-state index in [1.54, 1.807) is 4.68 Å². The van der Waals surface area contributed by atoms with Crippen LogP contribution in [0.1, 0.15) is 5.69 Å². The van der Waals surface area contributed by atoms with Crippen molar-refractivity contribution < 1.29 is 9.47 Å². The molecule has 110 valence electrons. The Balaban J connectivity index is 1.87. The van der Waals surface area contributed by atoms with Gasteiger partial charge in [-0.05, 0) is 12.1 Å². The molecule has 0 unspecified atom stereocenters. The molecule has 4 rings (SSSR count). The minimum Gasteiger partial charge on any atom is -0.454 e. The molecule has 2 N–H and O–H groups in total. The van der Waals surface area contributed by atoms with Crippen LogP contribution in [0, 0.1) is 0 Å². The first-order chi connectivity index (χ1) is 10.9. The molecule has 0 aliphatic carbocycles. The van der Waals surface area contributed by atoms with E-state index in [4.69, 9.17) is 15.2 Å². The summed E-state index contributed by atoms with van der Waals surface area (Å²) in [5.74, 6) is 1.45. The minimum absolute atomic E-state index is 0.246. The molecule has 0 atom stereocenters. The molecule has 1 aliphatic rings. The van der Waals surface area contributed by atoms with Crippen molar-refractivity contribution in [1.82, 2.24) is 15.0 Å². The number of ether oxygens (including phenoxy) is 2. The molecule has 22 heavy (non-hydrogen) atoms.